The molecule has 0 unspecified atom stereocenters. The van der Waals surface area contributed by atoms with Crippen molar-refractivity contribution in [3.8, 4) is 5.75 Å². The summed E-state index contributed by atoms with van der Waals surface area (Å²) >= 11 is 11.8. The minimum atomic E-state index is -3.70. The van der Waals surface area contributed by atoms with Crippen molar-refractivity contribution in [2.24, 2.45) is 0 Å². The van der Waals surface area contributed by atoms with Crippen LogP contribution in [0.1, 0.15) is 13.8 Å². The van der Waals surface area contributed by atoms with Crippen LogP contribution in [-0.4, -0.2) is 33.2 Å². The molecule has 0 aliphatic heterocycles. The molecule has 0 aromatic heterocycles. The van der Waals surface area contributed by atoms with Gasteiger partial charge in [-0.25, -0.2) is 8.42 Å². The van der Waals surface area contributed by atoms with Crippen molar-refractivity contribution >= 4 is 50.5 Å². The molecule has 6 nitrogen and oxygen atoms in total. The van der Waals surface area contributed by atoms with Crippen LogP contribution < -0.4 is 14.4 Å². The van der Waals surface area contributed by atoms with Crippen LogP contribution in [0, 0.1) is 0 Å². The van der Waals surface area contributed by atoms with Gasteiger partial charge in [-0.1, -0.05) is 29.3 Å². The van der Waals surface area contributed by atoms with E-state index in [0.717, 1.165) is 10.6 Å². The molecule has 0 atom stereocenters. The quantitative estimate of drug-likeness (QED) is 0.714. The highest BCUT2D eigenvalue weighted by atomic mass is 35.5. The zero-order chi connectivity index (χ0) is 20.2. The monoisotopic (exact) mass is 430 g/mol. The second-order valence-electron chi connectivity index (χ2n) is 6.11. The molecule has 0 bridgehead atoms. The van der Waals surface area contributed by atoms with Crippen molar-refractivity contribution in [2.45, 2.75) is 20.0 Å². The topological polar surface area (TPSA) is 75.7 Å². The smallest absolute Gasteiger partial charge is 0.245 e. The Bertz CT molecular complexity index is 933. The lowest BCUT2D eigenvalue weighted by atomic mass is 10.3. The lowest BCUT2D eigenvalue weighted by Crippen LogP contribution is -2.37. The summed E-state index contributed by atoms with van der Waals surface area (Å²) in [6, 6.07) is 11.2. The molecular formula is C18H20Cl2N2O4S. The van der Waals surface area contributed by atoms with E-state index in [9.17, 15) is 13.2 Å². The van der Waals surface area contributed by atoms with E-state index in [0.29, 0.717) is 22.1 Å². The number of hydrogen-bond donors (Lipinski definition) is 1. The van der Waals surface area contributed by atoms with Gasteiger partial charge in [0.05, 0.1) is 28.1 Å². The van der Waals surface area contributed by atoms with Gasteiger partial charge in [-0.15, -0.1) is 0 Å². The van der Waals surface area contributed by atoms with Gasteiger partial charge in [0.2, 0.25) is 15.9 Å². The summed E-state index contributed by atoms with van der Waals surface area (Å²) in [5, 5.41) is 3.25. The van der Waals surface area contributed by atoms with E-state index in [4.69, 9.17) is 27.9 Å². The van der Waals surface area contributed by atoms with Crippen LogP contribution in [0.25, 0.3) is 0 Å². The Hall–Kier alpha value is -1.96. The Kier molecular flexibility index (Phi) is 6.97. The maximum absolute atomic E-state index is 12.4. The van der Waals surface area contributed by atoms with Gasteiger partial charge >= 0.3 is 0 Å². The van der Waals surface area contributed by atoms with E-state index in [1.807, 2.05) is 13.8 Å². The highest BCUT2D eigenvalue weighted by Crippen LogP contribution is 2.26. The Balaban J connectivity index is 2.22. The number of anilines is 2. The van der Waals surface area contributed by atoms with Crippen molar-refractivity contribution < 1.29 is 17.9 Å². The van der Waals surface area contributed by atoms with Crippen LogP contribution in [0.2, 0.25) is 10.0 Å². The van der Waals surface area contributed by atoms with Crippen molar-refractivity contribution in [1.29, 1.82) is 0 Å². The third-order valence-corrected chi connectivity index (χ3v) is 5.25. The third kappa shape index (κ3) is 6.30. The number of ether oxygens (including phenoxy) is 1. The van der Waals surface area contributed by atoms with Crippen LogP contribution >= 0.6 is 23.2 Å². The van der Waals surface area contributed by atoms with Gasteiger partial charge < -0.3 is 10.1 Å². The fourth-order valence-electron chi connectivity index (χ4n) is 2.29. The van der Waals surface area contributed by atoms with Gasteiger partial charge in [0.1, 0.15) is 12.3 Å². The predicted octanol–water partition coefficient (Wildman–Crippen LogP) is 4.19. The minimum absolute atomic E-state index is 0.0649. The second-order valence-corrected chi connectivity index (χ2v) is 8.83. The Labute approximate surface area is 169 Å². The number of nitrogens with zero attached hydrogens (tertiary/aromatic N) is 1. The fraction of sp³-hybridized carbons (Fsp3) is 0.278. The van der Waals surface area contributed by atoms with E-state index in [-0.39, 0.29) is 11.1 Å². The molecule has 146 valence electrons. The molecule has 0 radical (unpaired) electrons. The van der Waals surface area contributed by atoms with Crippen LogP contribution in [0.4, 0.5) is 11.4 Å². The molecule has 1 amide bonds. The zero-order valence-electron chi connectivity index (χ0n) is 15.1. The van der Waals surface area contributed by atoms with E-state index >= 15 is 0 Å². The number of benzene rings is 2. The molecule has 27 heavy (non-hydrogen) atoms. The first-order valence-corrected chi connectivity index (χ1v) is 10.7. The van der Waals surface area contributed by atoms with Gasteiger partial charge in [-0.05, 0) is 44.2 Å². The number of amides is 1. The Morgan fingerprint density at radius 2 is 1.85 bits per heavy atom. The molecule has 1 N–H and O–H groups in total. The van der Waals surface area contributed by atoms with E-state index in [1.54, 1.807) is 36.4 Å². The molecule has 0 spiro atoms. The fourth-order valence-corrected chi connectivity index (χ4v) is 3.44. The first-order chi connectivity index (χ1) is 12.6. The maximum Gasteiger partial charge on any atom is 0.245 e. The standard InChI is InChI=1S/C18H20Cl2N2O4S/c1-12(2)26-15-6-4-5-14(10-15)22(27(3,24)25)11-18(23)21-13-7-8-16(19)17(20)9-13/h4-10,12H,11H2,1-3H3,(H,21,23). The number of nitrogens with one attached hydrogen (secondary N) is 1. The number of rotatable bonds is 7. The lowest BCUT2D eigenvalue weighted by Gasteiger charge is -2.23. The van der Waals surface area contributed by atoms with Gasteiger partial charge in [-0.3, -0.25) is 9.10 Å². The van der Waals surface area contributed by atoms with Crippen LogP contribution in [0.15, 0.2) is 42.5 Å². The predicted molar refractivity (Wildman–Crippen MR) is 109 cm³/mol. The number of sulfonamides is 1. The van der Waals surface area contributed by atoms with Crippen LogP contribution in [-0.2, 0) is 14.8 Å². The highest BCUT2D eigenvalue weighted by Gasteiger charge is 2.21. The minimum Gasteiger partial charge on any atom is -0.491 e. The lowest BCUT2D eigenvalue weighted by molar-refractivity contribution is -0.114. The Morgan fingerprint density at radius 1 is 1.15 bits per heavy atom. The molecule has 2 aromatic carbocycles. The van der Waals surface area contributed by atoms with Gasteiger partial charge in [-0.2, -0.15) is 0 Å². The van der Waals surface area contributed by atoms with Crippen molar-refractivity contribution in [3.05, 3.63) is 52.5 Å². The molecular weight excluding hydrogens is 411 g/mol. The van der Waals surface area contributed by atoms with E-state index in [1.165, 1.54) is 6.07 Å². The first kappa shape index (κ1) is 21.3. The van der Waals surface area contributed by atoms with E-state index < -0.39 is 22.5 Å². The molecule has 0 aliphatic carbocycles. The molecule has 9 heteroatoms. The molecule has 2 rings (SSSR count). The summed E-state index contributed by atoms with van der Waals surface area (Å²) in [6.07, 6.45) is 0.972. The number of carbonyl (C=O) groups is 1. The van der Waals surface area contributed by atoms with Gasteiger partial charge in [0.25, 0.3) is 0 Å². The van der Waals surface area contributed by atoms with Crippen LogP contribution in [0.5, 0.6) is 5.75 Å². The summed E-state index contributed by atoms with van der Waals surface area (Å²) in [7, 11) is -3.70. The maximum atomic E-state index is 12.4. The molecule has 0 saturated heterocycles. The van der Waals surface area contributed by atoms with Crippen molar-refractivity contribution in [2.75, 3.05) is 22.4 Å². The zero-order valence-corrected chi connectivity index (χ0v) is 17.4. The third-order valence-electron chi connectivity index (χ3n) is 3.37. The van der Waals surface area contributed by atoms with Crippen LogP contribution in [0.3, 0.4) is 0 Å². The SMILES string of the molecule is CC(C)Oc1cccc(N(CC(=O)Nc2ccc(Cl)c(Cl)c2)S(C)(=O)=O)c1. The summed E-state index contributed by atoms with van der Waals surface area (Å²) in [4.78, 5) is 12.4. The molecule has 2 aromatic rings. The van der Waals surface area contributed by atoms with Gasteiger partial charge in [0.15, 0.2) is 0 Å². The summed E-state index contributed by atoms with van der Waals surface area (Å²) < 4.78 is 31.0. The summed E-state index contributed by atoms with van der Waals surface area (Å²) in [5.74, 6) is -0.00460. The summed E-state index contributed by atoms with van der Waals surface area (Å²) in [6.45, 7) is 3.33. The number of halogens is 2. The normalized spacial score (nSPS) is 11.3. The second kappa shape index (κ2) is 8.82. The number of carbonyl (C=O) groups excluding carboxylic acids is 1. The molecule has 0 heterocycles. The highest BCUT2D eigenvalue weighted by molar-refractivity contribution is 7.92. The first-order valence-electron chi connectivity index (χ1n) is 8.05. The van der Waals surface area contributed by atoms with Crippen molar-refractivity contribution in [1.82, 2.24) is 0 Å². The molecule has 0 fully saturated rings. The largest absolute Gasteiger partial charge is 0.491 e. The van der Waals surface area contributed by atoms with Crippen molar-refractivity contribution in [3.63, 3.8) is 0 Å². The average molecular weight is 431 g/mol. The molecule has 0 saturated carbocycles. The van der Waals surface area contributed by atoms with E-state index in [2.05, 4.69) is 5.32 Å². The summed E-state index contributed by atoms with van der Waals surface area (Å²) in [5.41, 5.74) is 0.750. The average Bonchev–Trinajstić information content (AvgIpc) is 2.54. The molecule has 0 aliphatic rings. The Morgan fingerprint density at radius 3 is 2.44 bits per heavy atom. The van der Waals surface area contributed by atoms with Gasteiger partial charge in [0, 0.05) is 11.8 Å². The number of hydrogen-bond acceptors (Lipinski definition) is 4.